The Morgan fingerprint density at radius 3 is 2.75 bits per heavy atom. The lowest BCUT2D eigenvalue weighted by Crippen LogP contribution is -2.62. The second-order valence-electron chi connectivity index (χ2n) is 8.44. The highest BCUT2D eigenvalue weighted by atomic mass is 16.6. The SMILES string of the molecule is CCC/C=C1\OC(=O)C2=C1CC[C@H]1[C@@H](CCC)[C@]3(OC(=O)c4ccccc43)[C@@H]21. The number of cyclic esters (lactones) is 1. The molecule has 0 unspecified atom stereocenters. The Labute approximate surface area is 165 Å². The molecular weight excluding hydrogens is 352 g/mol. The molecule has 1 saturated carbocycles. The van der Waals surface area contributed by atoms with Gasteiger partial charge in [-0.1, -0.05) is 44.9 Å². The molecule has 2 heterocycles. The van der Waals surface area contributed by atoms with E-state index in [1.165, 1.54) is 0 Å². The van der Waals surface area contributed by atoms with Gasteiger partial charge in [0.2, 0.25) is 0 Å². The summed E-state index contributed by atoms with van der Waals surface area (Å²) in [5.74, 6) is 0.807. The number of hydrogen-bond donors (Lipinski definition) is 0. The van der Waals surface area contributed by atoms with Crippen LogP contribution in [0.5, 0.6) is 0 Å². The van der Waals surface area contributed by atoms with E-state index in [-0.39, 0.29) is 23.8 Å². The predicted octanol–water partition coefficient (Wildman–Crippen LogP) is 5.05. The Kier molecular flexibility index (Phi) is 4.01. The molecule has 0 radical (unpaired) electrons. The zero-order chi connectivity index (χ0) is 19.5. The van der Waals surface area contributed by atoms with Crippen LogP contribution in [0.1, 0.15) is 68.3 Å². The lowest BCUT2D eigenvalue weighted by atomic mass is 9.45. The van der Waals surface area contributed by atoms with Gasteiger partial charge in [0.25, 0.3) is 0 Å². The molecular formula is C24H26O4. The minimum atomic E-state index is -0.700. The van der Waals surface area contributed by atoms with Crippen molar-refractivity contribution >= 4 is 11.9 Å². The van der Waals surface area contributed by atoms with Crippen LogP contribution in [0.4, 0.5) is 0 Å². The molecule has 28 heavy (non-hydrogen) atoms. The molecule has 4 aliphatic rings. The van der Waals surface area contributed by atoms with Crippen LogP contribution in [0.25, 0.3) is 0 Å². The number of unbranched alkanes of at least 4 members (excludes halogenated alkanes) is 1. The van der Waals surface area contributed by atoms with Crippen molar-refractivity contribution in [3.05, 3.63) is 58.4 Å². The Morgan fingerprint density at radius 1 is 1.14 bits per heavy atom. The van der Waals surface area contributed by atoms with E-state index in [9.17, 15) is 9.59 Å². The van der Waals surface area contributed by atoms with E-state index >= 15 is 0 Å². The number of ether oxygens (including phenoxy) is 2. The number of hydrogen-bond acceptors (Lipinski definition) is 4. The molecule has 0 amide bonds. The molecule has 4 nitrogen and oxygen atoms in total. The highest BCUT2D eigenvalue weighted by molar-refractivity contribution is 5.98. The van der Waals surface area contributed by atoms with E-state index < -0.39 is 5.60 Å². The number of carbonyl (C=O) groups excluding carboxylic acids is 2. The molecule has 1 spiro atoms. The van der Waals surface area contributed by atoms with Crippen molar-refractivity contribution in [2.45, 2.75) is 58.0 Å². The fraction of sp³-hybridized carbons (Fsp3) is 0.500. The summed E-state index contributed by atoms with van der Waals surface area (Å²) in [5.41, 5.74) is 2.74. The Morgan fingerprint density at radius 2 is 1.96 bits per heavy atom. The number of rotatable bonds is 4. The summed E-state index contributed by atoms with van der Waals surface area (Å²) in [6.45, 7) is 4.29. The van der Waals surface area contributed by atoms with E-state index in [2.05, 4.69) is 13.8 Å². The minimum absolute atomic E-state index is 0.0829. The second-order valence-corrected chi connectivity index (χ2v) is 8.44. The molecule has 0 aromatic heterocycles. The van der Waals surface area contributed by atoms with E-state index in [1.807, 2.05) is 30.3 Å². The van der Waals surface area contributed by atoms with Crippen molar-refractivity contribution in [2.24, 2.45) is 17.8 Å². The normalized spacial score (nSPS) is 34.1. The fourth-order valence-corrected chi connectivity index (χ4v) is 6.08. The van der Waals surface area contributed by atoms with Crippen LogP contribution in [0.15, 0.2) is 47.2 Å². The monoisotopic (exact) mass is 378 g/mol. The maximum Gasteiger partial charge on any atom is 0.340 e. The van der Waals surface area contributed by atoms with Gasteiger partial charge in [-0.05, 0) is 43.7 Å². The summed E-state index contributed by atoms with van der Waals surface area (Å²) in [5, 5.41) is 0. The first-order valence-corrected chi connectivity index (χ1v) is 10.6. The van der Waals surface area contributed by atoms with Gasteiger partial charge in [-0.25, -0.2) is 9.59 Å². The summed E-state index contributed by atoms with van der Waals surface area (Å²) in [7, 11) is 0. The summed E-state index contributed by atoms with van der Waals surface area (Å²) < 4.78 is 11.8. The third kappa shape index (κ3) is 2.12. The topological polar surface area (TPSA) is 52.6 Å². The highest BCUT2D eigenvalue weighted by Crippen LogP contribution is 2.69. The number of esters is 2. The van der Waals surface area contributed by atoms with E-state index in [0.717, 1.165) is 61.0 Å². The first-order valence-electron chi connectivity index (χ1n) is 10.6. The van der Waals surface area contributed by atoms with E-state index in [4.69, 9.17) is 9.47 Å². The molecule has 4 atom stereocenters. The van der Waals surface area contributed by atoms with Crippen molar-refractivity contribution in [2.75, 3.05) is 0 Å². The third-order valence-electron chi connectivity index (χ3n) is 7.09. The average molecular weight is 378 g/mol. The second kappa shape index (κ2) is 6.33. The molecule has 0 N–H and O–H groups in total. The van der Waals surface area contributed by atoms with Crippen LogP contribution in [0.3, 0.4) is 0 Å². The van der Waals surface area contributed by atoms with Crippen LogP contribution in [0.2, 0.25) is 0 Å². The van der Waals surface area contributed by atoms with E-state index in [0.29, 0.717) is 11.5 Å². The van der Waals surface area contributed by atoms with Crippen LogP contribution >= 0.6 is 0 Å². The van der Waals surface area contributed by atoms with Crippen LogP contribution in [0, 0.1) is 17.8 Å². The van der Waals surface area contributed by atoms with Crippen LogP contribution < -0.4 is 0 Å². The summed E-state index contributed by atoms with van der Waals surface area (Å²) in [6, 6.07) is 7.71. The van der Waals surface area contributed by atoms with Gasteiger partial charge in [-0.3, -0.25) is 0 Å². The lowest BCUT2D eigenvalue weighted by Gasteiger charge is -2.60. The zero-order valence-electron chi connectivity index (χ0n) is 16.5. The standard InChI is InChI=1S/C24H26O4/c1-3-5-11-19-16-13-12-14-17(8-4-2)24(21(14)20(16)23(26)27-19)18-10-7-6-9-15(18)22(25)28-24/h6-7,9-11,14,17,21H,3-5,8,12-13H2,1-2H3/b19-11-/t14-,17+,21+,24+/m0/s1. The third-order valence-corrected chi connectivity index (χ3v) is 7.09. The first kappa shape index (κ1) is 17.7. The van der Waals surface area contributed by atoms with Gasteiger partial charge < -0.3 is 9.47 Å². The lowest BCUT2D eigenvalue weighted by molar-refractivity contribution is -0.195. The maximum absolute atomic E-state index is 12.9. The zero-order valence-corrected chi connectivity index (χ0v) is 16.5. The smallest absolute Gasteiger partial charge is 0.340 e. The molecule has 0 bridgehead atoms. The van der Waals surface area contributed by atoms with Gasteiger partial charge in [0.05, 0.1) is 11.1 Å². The average Bonchev–Trinajstić information content (AvgIpc) is 3.19. The van der Waals surface area contributed by atoms with Gasteiger partial charge in [-0.2, -0.15) is 0 Å². The number of fused-ring (bicyclic) bond motifs is 5. The number of benzene rings is 1. The minimum Gasteiger partial charge on any atom is -0.450 e. The molecule has 1 aromatic rings. The van der Waals surface area contributed by atoms with Crippen molar-refractivity contribution in [1.29, 1.82) is 0 Å². The molecule has 0 saturated heterocycles. The first-order chi connectivity index (χ1) is 13.6. The Bertz CT molecular complexity index is 924. The van der Waals surface area contributed by atoms with Crippen molar-refractivity contribution in [3.63, 3.8) is 0 Å². The largest absolute Gasteiger partial charge is 0.450 e. The van der Waals surface area contributed by atoms with Crippen molar-refractivity contribution < 1.29 is 19.1 Å². The number of allylic oxidation sites excluding steroid dienone is 2. The molecule has 5 rings (SSSR count). The van der Waals surface area contributed by atoms with Gasteiger partial charge >= 0.3 is 11.9 Å². The summed E-state index contributed by atoms with van der Waals surface area (Å²) >= 11 is 0. The molecule has 2 aliphatic carbocycles. The van der Waals surface area contributed by atoms with E-state index in [1.54, 1.807) is 0 Å². The summed E-state index contributed by atoms with van der Waals surface area (Å²) in [6.07, 6.45) is 7.90. The Hall–Kier alpha value is -2.36. The van der Waals surface area contributed by atoms with Crippen molar-refractivity contribution in [3.8, 4) is 0 Å². The van der Waals surface area contributed by atoms with Gasteiger partial charge in [0.15, 0.2) is 0 Å². The molecule has 1 aromatic carbocycles. The fourth-order valence-electron chi connectivity index (χ4n) is 6.08. The maximum atomic E-state index is 12.9. The molecule has 4 heteroatoms. The molecule has 146 valence electrons. The quantitative estimate of drug-likeness (QED) is 0.688. The molecule has 1 fully saturated rings. The van der Waals surface area contributed by atoms with Crippen LogP contribution in [-0.2, 0) is 19.9 Å². The summed E-state index contributed by atoms with van der Waals surface area (Å²) in [4.78, 5) is 25.6. The predicted molar refractivity (Wildman–Crippen MR) is 104 cm³/mol. The van der Waals surface area contributed by atoms with Gasteiger partial charge in [-0.15, -0.1) is 0 Å². The van der Waals surface area contributed by atoms with Gasteiger partial charge in [0.1, 0.15) is 11.4 Å². The van der Waals surface area contributed by atoms with Crippen LogP contribution in [-0.4, -0.2) is 11.9 Å². The number of carbonyl (C=O) groups is 2. The highest BCUT2D eigenvalue weighted by Gasteiger charge is 2.71. The van der Waals surface area contributed by atoms with Crippen molar-refractivity contribution in [1.82, 2.24) is 0 Å². The van der Waals surface area contributed by atoms with Gasteiger partial charge in [0, 0.05) is 23.0 Å². The molecule has 2 aliphatic heterocycles. The Balaban J connectivity index is 1.65.